The van der Waals surface area contributed by atoms with Crippen molar-refractivity contribution in [2.24, 2.45) is 0 Å². The van der Waals surface area contributed by atoms with Crippen molar-refractivity contribution in [2.75, 3.05) is 6.61 Å². The summed E-state index contributed by atoms with van der Waals surface area (Å²) in [5.74, 6) is -1.07. The number of ether oxygens (including phenoxy) is 1. The summed E-state index contributed by atoms with van der Waals surface area (Å²) in [7, 11) is 0. The summed E-state index contributed by atoms with van der Waals surface area (Å²) in [5, 5.41) is 10.9. The molecule has 25 heavy (non-hydrogen) atoms. The largest absolute Gasteiger partial charge is 0.454 e. The van der Waals surface area contributed by atoms with Crippen LogP contribution in [0.1, 0.15) is 45.2 Å². The molecule has 0 unspecified atom stereocenters. The van der Waals surface area contributed by atoms with Gasteiger partial charge < -0.3 is 4.74 Å². The summed E-state index contributed by atoms with van der Waals surface area (Å²) < 4.78 is 5.03. The van der Waals surface area contributed by atoms with Gasteiger partial charge in [-0.3, -0.25) is 14.9 Å². The Labute approximate surface area is 145 Å². The number of carbonyl (C=O) groups is 2. The van der Waals surface area contributed by atoms with E-state index in [1.54, 1.807) is 12.1 Å². The van der Waals surface area contributed by atoms with Crippen LogP contribution in [0.3, 0.4) is 0 Å². The highest BCUT2D eigenvalue weighted by molar-refractivity contribution is 5.99. The van der Waals surface area contributed by atoms with Crippen molar-refractivity contribution in [3.8, 4) is 0 Å². The molecule has 0 aliphatic heterocycles. The van der Waals surface area contributed by atoms with Gasteiger partial charge in [-0.15, -0.1) is 0 Å². The van der Waals surface area contributed by atoms with Crippen LogP contribution in [0, 0.1) is 17.0 Å². The van der Waals surface area contributed by atoms with Crippen LogP contribution in [0.25, 0.3) is 0 Å². The number of esters is 1. The number of hydrogen-bond donors (Lipinski definition) is 0. The minimum absolute atomic E-state index is 0.0836. The summed E-state index contributed by atoms with van der Waals surface area (Å²) in [6.07, 6.45) is 1.96. The molecule has 0 N–H and O–H groups in total. The zero-order chi connectivity index (χ0) is 18.4. The number of carbonyl (C=O) groups excluding carboxylic acids is 2. The van der Waals surface area contributed by atoms with Gasteiger partial charge in [0.1, 0.15) is 0 Å². The SMILES string of the molecule is CCCc1ccc(C(=O)COC(=O)c2cccc([N+](=O)[O-])c2C)cc1. The number of rotatable bonds is 7. The predicted octanol–water partition coefficient (Wildman–Crippen LogP) is 3.90. The smallest absolute Gasteiger partial charge is 0.339 e. The van der Waals surface area contributed by atoms with Gasteiger partial charge >= 0.3 is 5.97 Å². The van der Waals surface area contributed by atoms with Crippen LogP contribution < -0.4 is 0 Å². The van der Waals surface area contributed by atoms with Gasteiger partial charge in [-0.1, -0.05) is 43.7 Å². The van der Waals surface area contributed by atoms with E-state index < -0.39 is 17.5 Å². The van der Waals surface area contributed by atoms with Crippen molar-refractivity contribution in [3.63, 3.8) is 0 Å². The molecular weight excluding hydrogens is 322 g/mol. The lowest BCUT2D eigenvalue weighted by atomic mass is 10.1. The van der Waals surface area contributed by atoms with Crippen LogP contribution in [0.2, 0.25) is 0 Å². The highest BCUT2D eigenvalue weighted by Gasteiger charge is 2.20. The molecular formula is C19H19NO5. The topological polar surface area (TPSA) is 86.5 Å². The van der Waals surface area contributed by atoms with Crippen LogP contribution >= 0.6 is 0 Å². The normalized spacial score (nSPS) is 10.3. The van der Waals surface area contributed by atoms with Crippen molar-refractivity contribution < 1.29 is 19.2 Å². The summed E-state index contributed by atoms with van der Waals surface area (Å²) in [6.45, 7) is 3.14. The Balaban J connectivity index is 2.03. The van der Waals surface area contributed by atoms with Crippen molar-refractivity contribution in [1.82, 2.24) is 0 Å². The molecule has 2 aromatic rings. The van der Waals surface area contributed by atoms with E-state index in [1.165, 1.54) is 25.1 Å². The molecule has 2 aromatic carbocycles. The van der Waals surface area contributed by atoms with Crippen molar-refractivity contribution >= 4 is 17.4 Å². The first-order valence-electron chi connectivity index (χ1n) is 7.97. The van der Waals surface area contributed by atoms with Crippen LogP contribution in [0.15, 0.2) is 42.5 Å². The number of nitro benzene ring substituents is 1. The van der Waals surface area contributed by atoms with Crippen LogP contribution in [0.5, 0.6) is 0 Å². The minimum Gasteiger partial charge on any atom is -0.454 e. The second kappa shape index (κ2) is 8.19. The molecule has 0 saturated carbocycles. The highest BCUT2D eigenvalue weighted by atomic mass is 16.6. The number of hydrogen-bond acceptors (Lipinski definition) is 5. The second-order valence-electron chi connectivity index (χ2n) is 5.65. The maximum absolute atomic E-state index is 12.1. The van der Waals surface area contributed by atoms with Crippen molar-refractivity contribution in [1.29, 1.82) is 0 Å². The molecule has 0 fully saturated rings. The molecule has 0 spiro atoms. The molecule has 2 rings (SSSR count). The van der Waals surface area contributed by atoms with Gasteiger partial charge in [-0.2, -0.15) is 0 Å². The van der Waals surface area contributed by atoms with Crippen LogP contribution in [-0.2, 0) is 11.2 Å². The summed E-state index contributed by atoms with van der Waals surface area (Å²) in [4.78, 5) is 34.6. The third kappa shape index (κ3) is 4.50. The molecule has 0 saturated heterocycles. The lowest BCUT2D eigenvalue weighted by molar-refractivity contribution is -0.385. The van der Waals surface area contributed by atoms with Crippen molar-refractivity contribution in [2.45, 2.75) is 26.7 Å². The summed E-state index contributed by atoms with van der Waals surface area (Å²) >= 11 is 0. The van der Waals surface area contributed by atoms with E-state index in [0.29, 0.717) is 5.56 Å². The molecule has 0 bridgehead atoms. The fourth-order valence-corrected chi connectivity index (χ4v) is 2.48. The maximum atomic E-state index is 12.1. The van der Waals surface area contributed by atoms with E-state index in [-0.39, 0.29) is 22.6 Å². The first-order chi connectivity index (χ1) is 11.9. The Morgan fingerprint density at radius 1 is 1.12 bits per heavy atom. The number of benzene rings is 2. The fraction of sp³-hybridized carbons (Fsp3) is 0.263. The van der Waals surface area contributed by atoms with Gasteiger partial charge in [0.05, 0.1) is 10.5 Å². The Kier molecular flexibility index (Phi) is 6.00. The number of aryl methyl sites for hydroxylation is 1. The van der Waals surface area contributed by atoms with Gasteiger partial charge in [-0.25, -0.2) is 4.79 Å². The average Bonchev–Trinajstić information content (AvgIpc) is 2.60. The molecule has 0 radical (unpaired) electrons. The third-order valence-corrected chi connectivity index (χ3v) is 3.87. The predicted molar refractivity (Wildman–Crippen MR) is 92.9 cm³/mol. The zero-order valence-corrected chi connectivity index (χ0v) is 14.2. The van der Waals surface area contributed by atoms with E-state index in [1.807, 2.05) is 12.1 Å². The maximum Gasteiger partial charge on any atom is 0.339 e. The first kappa shape index (κ1) is 18.3. The minimum atomic E-state index is -0.753. The average molecular weight is 341 g/mol. The highest BCUT2D eigenvalue weighted by Crippen LogP contribution is 2.21. The monoisotopic (exact) mass is 341 g/mol. The number of Topliss-reactive ketones (excluding diaryl/α,β-unsaturated/α-hetero) is 1. The fourth-order valence-electron chi connectivity index (χ4n) is 2.48. The van der Waals surface area contributed by atoms with E-state index in [2.05, 4.69) is 6.92 Å². The second-order valence-corrected chi connectivity index (χ2v) is 5.65. The number of nitro groups is 1. The molecule has 0 aliphatic rings. The standard InChI is InChI=1S/C19H19NO5/c1-3-5-14-8-10-15(11-9-14)18(21)12-25-19(22)16-6-4-7-17(13(16)2)20(23)24/h4,6-11H,3,5,12H2,1-2H3. The molecule has 130 valence electrons. The molecule has 0 amide bonds. The Morgan fingerprint density at radius 3 is 2.40 bits per heavy atom. The van der Waals surface area contributed by atoms with Gasteiger partial charge in [-0.05, 0) is 25.0 Å². The van der Waals surface area contributed by atoms with Gasteiger partial charge in [0, 0.05) is 17.2 Å². The van der Waals surface area contributed by atoms with E-state index in [0.717, 1.165) is 18.4 Å². The molecule has 0 aliphatic carbocycles. The summed E-state index contributed by atoms with van der Waals surface area (Å²) in [6, 6.07) is 11.3. The van der Waals surface area contributed by atoms with Gasteiger partial charge in [0.15, 0.2) is 12.4 Å². The Hall–Kier alpha value is -3.02. The lowest BCUT2D eigenvalue weighted by Crippen LogP contribution is -2.15. The van der Waals surface area contributed by atoms with E-state index in [4.69, 9.17) is 4.74 Å². The van der Waals surface area contributed by atoms with Gasteiger partial charge in [0.2, 0.25) is 0 Å². The van der Waals surface area contributed by atoms with Crippen molar-refractivity contribution in [3.05, 3.63) is 74.8 Å². The zero-order valence-electron chi connectivity index (χ0n) is 14.2. The summed E-state index contributed by atoms with van der Waals surface area (Å²) in [5.41, 5.74) is 1.74. The Bertz CT molecular complexity index is 796. The molecule has 6 heteroatoms. The lowest BCUT2D eigenvalue weighted by Gasteiger charge is -2.07. The Morgan fingerprint density at radius 2 is 1.80 bits per heavy atom. The van der Waals surface area contributed by atoms with E-state index >= 15 is 0 Å². The molecule has 0 aromatic heterocycles. The van der Waals surface area contributed by atoms with E-state index in [9.17, 15) is 19.7 Å². The van der Waals surface area contributed by atoms with Crippen LogP contribution in [-0.4, -0.2) is 23.3 Å². The van der Waals surface area contributed by atoms with Crippen LogP contribution in [0.4, 0.5) is 5.69 Å². The third-order valence-electron chi connectivity index (χ3n) is 3.87. The number of ketones is 1. The quantitative estimate of drug-likeness (QED) is 0.330. The molecule has 6 nitrogen and oxygen atoms in total. The molecule has 0 atom stereocenters. The van der Waals surface area contributed by atoms with Gasteiger partial charge in [0.25, 0.3) is 5.69 Å². The first-order valence-corrected chi connectivity index (χ1v) is 7.97. The molecule has 0 heterocycles. The number of nitrogens with zero attached hydrogens (tertiary/aromatic N) is 1.